The van der Waals surface area contributed by atoms with Gasteiger partial charge in [0.15, 0.2) is 0 Å². The molecule has 0 radical (unpaired) electrons. The number of urea groups is 1. The molecule has 34 heavy (non-hydrogen) atoms. The van der Waals surface area contributed by atoms with Crippen LogP contribution in [0.4, 0.5) is 10.5 Å². The summed E-state index contributed by atoms with van der Waals surface area (Å²) in [6, 6.07) is 15.8. The topological polar surface area (TPSA) is 75.0 Å². The molecule has 3 aromatic rings. The number of carbonyl (C=O) groups is 2. The zero-order valence-electron chi connectivity index (χ0n) is 18.8. The largest absolute Gasteiger partial charge is 0.332 e. The molecule has 172 valence electrons. The lowest BCUT2D eigenvalue weighted by Crippen LogP contribution is -2.60. The van der Waals surface area contributed by atoms with Crippen molar-refractivity contribution in [1.29, 1.82) is 0 Å². The van der Waals surface area contributed by atoms with Crippen LogP contribution in [0.3, 0.4) is 0 Å². The van der Waals surface area contributed by atoms with Gasteiger partial charge in [0.1, 0.15) is 5.65 Å². The van der Waals surface area contributed by atoms with E-state index in [1.165, 1.54) is 21.4 Å². The molecule has 1 fully saturated rings. The Morgan fingerprint density at radius 1 is 1.00 bits per heavy atom. The van der Waals surface area contributed by atoms with Crippen molar-refractivity contribution in [1.82, 2.24) is 14.3 Å². The number of nitrogens with zero attached hydrogens (tertiary/aromatic N) is 4. The fourth-order valence-electron chi connectivity index (χ4n) is 5.33. The van der Waals surface area contributed by atoms with Gasteiger partial charge >= 0.3 is 6.03 Å². The predicted octanol–water partition coefficient (Wildman–Crippen LogP) is 4.49. The fourth-order valence-corrected chi connectivity index (χ4v) is 6.97. The number of pyridine rings is 1. The Bertz CT molecular complexity index is 1410. The number of fused-ring (bicyclic) bond motifs is 3. The van der Waals surface area contributed by atoms with E-state index < -0.39 is 0 Å². The van der Waals surface area contributed by atoms with Gasteiger partial charge < -0.3 is 4.90 Å². The Hall–Kier alpha value is -3.39. The first-order chi connectivity index (χ1) is 16.5. The summed E-state index contributed by atoms with van der Waals surface area (Å²) in [6.07, 6.45) is 4.03. The first-order valence-corrected chi connectivity index (χ1v) is 12.5. The Labute approximate surface area is 201 Å². The molecule has 2 atom stereocenters. The molecule has 4 heterocycles. The van der Waals surface area contributed by atoms with Crippen molar-refractivity contribution in [3.63, 3.8) is 0 Å². The highest BCUT2D eigenvalue weighted by Gasteiger charge is 2.53. The molecule has 0 N–H and O–H groups in total. The van der Waals surface area contributed by atoms with Crippen LogP contribution in [0.2, 0.25) is 0 Å². The van der Waals surface area contributed by atoms with Gasteiger partial charge in [-0.3, -0.25) is 14.0 Å². The van der Waals surface area contributed by atoms with E-state index in [0.717, 1.165) is 31.4 Å². The second-order valence-electron chi connectivity index (χ2n) is 9.01. The van der Waals surface area contributed by atoms with Gasteiger partial charge in [-0.25, -0.2) is 14.7 Å². The normalized spacial score (nSPS) is 22.4. The predicted molar refractivity (Wildman–Crippen MR) is 131 cm³/mol. The van der Waals surface area contributed by atoms with Crippen LogP contribution in [-0.4, -0.2) is 31.6 Å². The first kappa shape index (κ1) is 21.2. The summed E-state index contributed by atoms with van der Waals surface area (Å²) in [7, 11) is 0. The van der Waals surface area contributed by atoms with Gasteiger partial charge in [0.2, 0.25) is 5.91 Å². The van der Waals surface area contributed by atoms with Gasteiger partial charge in [0, 0.05) is 11.8 Å². The molecule has 1 saturated heterocycles. The number of hydrogen-bond donors (Lipinski definition) is 0. The summed E-state index contributed by atoms with van der Waals surface area (Å²) in [6.45, 7) is 2.03. The van der Waals surface area contributed by atoms with E-state index in [4.69, 9.17) is 0 Å². The maximum atomic E-state index is 13.8. The lowest BCUT2D eigenvalue weighted by atomic mass is 9.86. The van der Waals surface area contributed by atoms with Gasteiger partial charge in [-0.05, 0) is 67.4 Å². The van der Waals surface area contributed by atoms with Crippen molar-refractivity contribution in [2.75, 3.05) is 4.90 Å². The van der Waals surface area contributed by atoms with Crippen LogP contribution in [0, 0.1) is 12.8 Å². The van der Waals surface area contributed by atoms with E-state index in [9.17, 15) is 14.4 Å². The number of aromatic nitrogens is 2. The van der Waals surface area contributed by atoms with Gasteiger partial charge in [0.05, 0.1) is 29.2 Å². The minimum Gasteiger partial charge on any atom is -0.305 e. The average Bonchev–Trinajstić information content (AvgIpc) is 3.22. The van der Waals surface area contributed by atoms with Crippen LogP contribution in [0.1, 0.15) is 37.1 Å². The lowest BCUT2D eigenvalue weighted by Gasteiger charge is -2.42. The second kappa shape index (κ2) is 8.13. The monoisotopic (exact) mass is 472 g/mol. The van der Waals surface area contributed by atoms with Crippen molar-refractivity contribution in [2.24, 2.45) is 5.92 Å². The van der Waals surface area contributed by atoms with Crippen LogP contribution < -0.4 is 10.5 Å². The van der Waals surface area contributed by atoms with Crippen molar-refractivity contribution >= 4 is 35.0 Å². The molecule has 2 aromatic heterocycles. The van der Waals surface area contributed by atoms with Gasteiger partial charge in [-0.1, -0.05) is 24.3 Å². The van der Waals surface area contributed by atoms with Crippen molar-refractivity contribution in [3.8, 4) is 0 Å². The molecule has 1 aromatic carbocycles. The molecular weight excluding hydrogens is 448 g/mol. The third-order valence-electron chi connectivity index (χ3n) is 6.89. The Morgan fingerprint density at radius 3 is 2.62 bits per heavy atom. The summed E-state index contributed by atoms with van der Waals surface area (Å²) < 4.78 is 1.56. The highest BCUT2D eigenvalue weighted by molar-refractivity contribution is 8.04. The molecule has 0 spiro atoms. The summed E-state index contributed by atoms with van der Waals surface area (Å²) in [5.74, 6) is -0.513. The Balaban J connectivity index is 1.43. The van der Waals surface area contributed by atoms with Crippen molar-refractivity contribution in [3.05, 3.63) is 86.8 Å². The first-order valence-electron chi connectivity index (χ1n) is 11.6. The second-order valence-corrected chi connectivity index (χ2v) is 10.2. The van der Waals surface area contributed by atoms with Crippen LogP contribution in [0.25, 0.3) is 5.65 Å². The fraction of sp³-hybridized carbons (Fsp3) is 0.308. The minimum absolute atomic E-state index is 0.154. The number of aryl methyl sites for hydroxylation is 1. The number of benzene rings is 1. The highest BCUT2D eigenvalue weighted by atomic mass is 32.2. The summed E-state index contributed by atoms with van der Waals surface area (Å²) in [5, 5.41) is -0.305. The third kappa shape index (κ3) is 3.27. The smallest absolute Gasteiger partial charge is 0.305 e. The van der Waals surface area contributed by atoms with E-state index in [0.29, 0.717) is 17.0 Å². The van der Waals surface area contributed by atoms with Crippen LogP contribution in [0.15, 0.2) is 69.9 Å². The van der Waals surface area contributed by atoms with Crippen LogP contribution in [-0.2, 0) is 11.3 Å². The number of amides is 3. The number of para-hydroxylation sites is 1. The maximum absolute atomic E-state index is 13.8. The number of hydrogen-bond acceptors (Lipinski definition) is 5. The van der Waals surface area contributed by atoms with E-state index in [2.05, 4.69) is 4.98 Å². The van der Waals surface area contributed by atoms with Gasteiger partial charge in [-0.2, -0.15) is 0 Å². The zero-order valence-corrected chi connectivity index (χ0v) is 19.6. The van der Waals surface area contributed by atoms with Crippen LogP contribution >= 0.6 is 11.8 Å². The van der Waals surface area contributed by atoms with E-state index in [1.807, 2.05) is 37.3 Å². The molecule has 6 rings (SSSR count). The number of anilines is 1. The molecule has 1 aliphatic carbocycles. The highest BCUT2D eigenvalue weighted by Crippen LogP contribution is 2.52. The average molecular weight is 473 g/mol. The zero-order chi connectivity index (χ0) is 23.4. The standard InChI is InChI=1S/C26H24N4O3S/c1-16-8-7-13-21-27-17(14-22(31)29(16)21)15-28-25-23(19-11-5-6-12-20(19)34-25)24(32)30(26(28)33)18-9-3-2-4-10-18/h2-4,7-10,13-14,23,25H,5-6,11-12,15H2,1H3. The van der Waals surface area contributed by atoms with Gasteiger partial charge in [0.25, 0.3) is 5.56 Å². The number of rotatable bonds is 3. The minimum atomic E-state index is -0.365. The molecule has 3 amide bonds. The number of imide groups is 1. The number of carbonyl (C=O) groups excluding carboxylic acids is 2. The number of allylic oxidation sites excluding steroid dienone is 1. The summed E-state index contributed by atoms with van der Waals surface area (Å²) in [4.78, 5) is 49.3. The molecule has 0 bridgehead atoms. The molecule has 2 unspecified atom stereocenters. The molecule has 2 aliphatic heterocycles. The Kier molecular flexibility index (Phi) is 5.06. The molecule has 0 saturated carbocycles. The van der Waals surface area contributed by atoms with Crippen LogP contribution in [0.5, 0.6) is 0 Å². The molecule has 8 heteroatoms. The lowest BCUT2D eigenvalue weighted by molar-refractivity contribution is -0.122. The quantitative estimate of drug-likeness (QED) is 0.562. The number of thioether (sulfide) groups is 1. The van der Waals surface area contributed by atoms with E-state index in [1.54, 1.807) is 39.3 Å². The molecular formula is C26H24N4O3S. The van der Waals surface area contributed by atoms with E-state index >= 15 is 0 Å². The molecule has 3 aliphatic rings. The maximum Gasteiger partial charge on any atom is 0.332 e. The van der Waals surface area contributed by atoms with Crippen molar-refractivity contribution in [2.45, 2.75) is 44.5 Å². The SMILES string of the molecule is Cc1cccc2nc(CN3C(=O)N(c4ccccc4)C(=O)C4C5=C(CCCC5)SC43)cc(=O)n12. The molecule has 7 nitrogen and oxygen atoms in total. The van der Waals surface area contributed by atoms with Gasteiger partial charge in [-0.15, -0.1) is 11.8 Å². The summed E-state index contributed by atoms with van der Waals surface area (Å²) in [5.41, 5.74) is 3.46. The van der Waals surface area contributed by atoms with Crippen molar-refractivity contribution < 1.29 is 9.59 Å². The Morgan fingerprint density at radius 2 is 1.79 bits per heavy atom. The summed E-state index contributed by atoms with van der Waals surface area (Å²) >= 11 is 1.65. The third-order valence-corrected chi connectivity index (χ3v) is 8.41. The van der Waals surface area contributed by atoms with E-state index in [-0.39, 0.29) is 35.3 Å².